The van der Waals surface area contributed by atoms with Crippen molar-refractivity contribution in [1.82, 2.24) is 4.98 Å². The largest absolute Gasteiger partial charge is 0.481 e. The monoisotopic (exact) mass is 326 g/mol. The minimum absolute atomic E-state index is 0.206. The fourth-order valence-corrected chi connectivity index (χ4v) is 3.21. The summed E-state index contributed by atoms with van der Waals surface area (Å²) in [5.74, 6) is 0.481. The molecule has 0 aliphatic carbocycles. The highest BCUT2D eigenvalue weighted by Crippen LogP contribution is 2.27. The quantitative estimate of drug-likeness (QED) is 0.777. The zero-order valence-electron chi connectivity index (χ0n) is 13.3. The fraction of sp³-hybridized carbons (Fsp3) is 0.222. The number of amides is 1. The van der Waals surface area contributed by atoms with Crippen molar-refractivity contribution < 1.29 is 9.53 Å². The van der Waals surface area contributed by atoms with Crippen LogP contribution in [0, 0.1) is 13.8 Å². The highest BCUT2D eigenvalue weighted by Gasteiger charge is 2.16. The summed E-state index contributed by atoms with van der Waals surface area (Å²) >= 11 is 1.47. The molecule has 0 bridgehead atoms. The average Bonchev–Trinajstić information content (AvgIpc) is 2.88. The molecular formula is C18H18N2O2S. The number of aryl methyl sites for hydroxylation is 2. The highest BCUT2D eigenvalue weighted by molar-refractivity contribution is 7.22. The van der Waals surface area contributed by atoms with Crippen LogP contribution < -0.4 is 10.1 Å². The van der Waals surface area contributed by atoms with E-state index in [0.29, 0.717) is 10.9 Å². The van der Waals surface area contributed by atoms with E-state index in [2.05, 4.69) is 16.4 Å². The molecule has 0 fully saturated rings. The second-order valence-corrected chi connectivity index (χ2v) is 6.59. The molecule has 0 saturated heterocycles. The molecule has 1 heterocycles. The Kier molecular flexibility index (Phi) is 4.30. The SMILES string of the molecule is Cc1cccc(O[C@H](C)C(=O)Nc2nc3ccc(C)cc3s2)c1. The minimum atomic E-state index is -0.592. The number of thiazole rings is 1. The molecule has 0 unspecified atom stereocenters. The summed E-state index contributed by atoms with van der Waals surface area (Å²) in [6.45, 7) is 5.75. The second-order valence-electron chi connectivity index (χ2n) is 5.56. The smallest absolute Gasteiger partial charge is 0.266 e. The van der Waals surface area contributed by atoms with E-state index in [1.807, 2.05) is 50.2 Å². The van der Waals surface area contributed by atoms with E-state index >= 15 is 0 Å². The van der Waals surface area contributed by atoms with Gasteiger partial charge in [-0.2, -0.15) is 0 Å². The van der Waals surface area contributed by atoms with Crippen LogP contribution in [0.25, 0.3) is 10.2 Å². The lowest BCUT2D eigenvalue weighted by Crippen LogP contribution is -2.30. The second kappa shape index (κ2) is 6.38. The first-order chi connectivity index (χ1) is 11.0. The molecule has 0 spiro atoms. The Morgan fingerprint density at radius 2 is 1.96 bits per heavy atom. The third-order valence-corrected chi connectivity index (χ3v) is 4.38. The van der Waals surface area contributed by atoms with Gasteiger partial charge in [-0.15, -0.1) is 0 Å². The van der Waals surface area contributed by atoms with Crippen LogP contribution in [0.5, 0.6) is 5.75 Å². The van der Waals surface area contributed by atoms with Crippen LogP contribution in [0.15, 0.2) is 42.5 Å². The number of aromatic nitrogens is 1. The number of benzene rings is 2. The molecule has 4 nitrogen and oxygen atoms in total. The van der Waals surface area contributed by atoms with E-state index in [0.717, 1.165) is 15.8 Å². The van der Waals surface area contributed by atoms with Crippen LogP contribution in [0.4, 0.5) is 5.13 Å². The van der Waals surface area contributed by atoms with Gasteiger partial charge in [-0.1, -0.05) is 29.5 Å². The first-order valence-corrected chi connectivity index (χ1v) is 8.24. The number of hydrogen-bond donors (Lipinski definition) is 1. The lowest BCUT2D eigenvalue weighted by atomic mass is 10.2. The van der Waals surface area contributed by atoms with Crippen LogP contribution in [0.3, 0.4) is 0 Å². The van der Waals surface area contributed by atoms with Crippen molar-refractivity contribution in [3.8, 4) is 5.75 Å². The minimum Gasteiger partial charge on any atom is -0.481 e. The Labute approximate surface area is 139 Å². The third-order valence-electron chi connectivity index (χ3n) is 3.45. The molecule has 0 radical (unpaired) electrons. The van der Waals surface area contributed by atoms with Gasteiger partial charge in [0.1, 0.15) is 5.75 Å². The zero-order chi connectivity index (χ0) is 16.4. The number of hydrogen-bond acceptors (Lipinski definition) is 4. The van der Waals surface area contributed by atoms with Crippen LogP contribution in [-0.4, -0.2) is 17.0 Å². The number of nitrogens with one attached hydrogen (secondary N) is 1. The molecule has 5 heteroatoms. The molecule has 0 saturated carbocycles. The van der Waals surface area contributed by atoms with Gasteiger partial charge >= 0.3 is 0 Å². The molecule has 0 aliphatic heterocycles. The fourth-order valence-electron chi connectivity index (χ4n) is 2.24. The number of anilines is 1. The summed E-state index contributed by atoms with van der Waals surface area (Å²) in [4.78, 5) is 16.7. The Morgan fingerprint density at radius 3 is 2.74 bits per heavy atom. The summed E-state index contributed by atoms with van der Waals surface area (Å²) in [5, 5.41) is 3.42. The first-order valence-electron chi connectivity index (χ1n) is 7.42. The summed E-state index contributed by atoms with van der Waals surface area (Å²) < 4.78 is 6.75. The van der Waals surface area contributed by atoms with E-state index < -0.39 is 6.10 Å². The summed E-state index contributed by atoms with van der Waals surface area (Å²) in [6, 6.07) is 13.7. The predicted octanol–water partition coefficient (Wildman–Crippen LogP) is 4.32. The van der Waals surface area contributed by atoms with E-state index in [1.54, 1.807) is 6.92 Å². The topological polar surface area (TPSA) is 51.2 Å². The van der Waals surface area contributed by atoms with Gasteiger partial charge in [-0.3, -0.25) is 10.1 Å². The molecule has 1 aromatic heterocycles. The molecule has 3 aromatic rings. The van der Waals surface area contributed by atoms with Crippen molar-refractivity contribution in [2.45, 2.75) is 26.9 Å². The third kappa shape index (κ3) is 3.68. The van der Waals surface area contributed by atoms with Gasteiger partial charge in [0.15, 0.2) is 11.2 Å². The van der Waals surface area contributed by atoms with Gasteiger partial charge in [0, 0.05) is 0 Å². The summed E-state index contributed by atoms with van der Waals surface area (Å²) in [5.41, 5.74) is 3.16. The van der Waals surface area contributed by atoms with E-state index in [4.69, 9.17) is 4.74 Å². The molecular weight excluding hydrogens is 308 g/mol. The first kappa shape index (κ1) is 15.5. The van der Waals surface area contributed by atoms with Crippen molar-refractivity contribution in [3.05, 3.63) is 53.6 Å². The number of fused-ring (bicyclic) bond motifs is 1. The number of carbonyl (C=O) groups excluding carboxylic acids is 1. The van der Waals surface area contributed by atoms with Gasteiger partial charge in [-0.05, 0) is 56.2 Å². The van der Waals surface area contributed by atoms with E-state index in [1.165, 1.54) is 16.9 Å². The number of rotatable bonds is 4. The normalized spacial score (nSPS) is 12.1. The molecule has 1 N–H and O–H groups in total. The van der Waals surface area contributed by atoms with Crippen molar-refractivity contribution in [2.24, 2.45) is 0 Å². The Balaban J connectivity index is 1.69. The maximum atomic E-state index is 12.3. The lowest BCUT2D eigenvalue weighted by molar-refractivity contribution is -0.122. The highest BCUT2D eigenvalue weighted by atomic mass is 32.1. The van der Waals surface area contributed by atoms with Crippen molar-refractivity contribution in [2.75, 3.05) is 5.32 Å². The van der Waals surface area contributed by atoms with Crippen LogP contribution in [0.2, 0.25) is 0 Å². The standard InChI is InChI=1S/C18H18N2O2S/c1-11-5-4-6-14(9-11)22-13(3)17(21)20-18-19-15-8-7-12(2)10-16(15)23-18/h4-10,13H,1-3H3,(H,19,20,21)/t13-/m1/s1. The lowest BCUT2D eigenvalue weighted by Gasteiger charge is -2.13. The molecule has 23 heavy (non-hydrogen) atoms. The average molecular weight is 326 g/mol. The van der Waals surface area contributed by atoms with Crippen molar-refractivity contribution >= 4 is 32.6 Å². The maximum Gasteiger partial charge on any atom is 0.266 e. The molecule has 1 amide bonds. The Morgan fingerprint density at radius 1 is 1.17 bits per heavy atom. The maximum absolute atomic E-state index is 12.3. The van der Waals surface area contributed by atoms with Crippen LogP contribution in [0.1, 0.15) is 18.1 Å². The van der Waals surface area contributed by atoms with E-state index in [-0.39, 0.29) is 5.91 Å². The van der Waals surface area contributed by atoms with Gasteiger partial charge in [0.05, 0.1) is 10.2 Å². The molecule has 2 aromatic carbocycles. The molecule has 118 valence electrons. The van der Waals surface area contributed by atoms with Crippen molar-refractivity contribution in [1.29, 1.82) is 0 Å². The molecule has 3 rings (SSSR count). The Hall–Kier alpha value is -2.40. The Bertz CT molecular complexity index is 857. The summed E-state index contributed by atoms with van der Waals surface area (Å²) in [7, 11) is 0. The zero-order valence-corrected chi connectivity index (χ0v) is 14.1. The number of ether oxygens (including phenoxy) is 1. The van der Waals surface area contributed by atoms with Gasteiger partial charge in [-0.25, -0.2) is 4.98 Å². The predicted molar refractivity (Wildman–Crippen MR) is 94.3 cm³/mol. The number of nitrogens with zero attached hydrogens (tertiary/aromatic N) is 1. The molecule has 0 aliphatic rings. The van der Waals surface area contributed by atoms with E-state index in [9.17, 15) is 4.79 Å². The van der Waals surface area contributed by atoms with Gasteiger partial charge in [0.2, 0.25) is 0 Å². The molecule has 1 atom stereocenters. The van der Waals surface area contributed by atoms with Crippen LogP contribution >= 0.6 is 11.3 Å². The van der Waals surface area contributed by atoms with Gasteiger partial charge in [0.25, 0.3) is 5.91 Å². The van der Waals surface area contributed by atoms with Gasteiger partial charge < -0.3 is 4.74 Å². The van der Waals surface area contributed by atoms with Crippen LogP contribution in [-0.2, 0) is 4.79 Å². The summed E-state index contributed by atoms with van der Waals surface area (Å²) in [6.07, 6.45) is -0.592. The van der Waals surface area contributed by atoms with Crippen molar-refractivity contribution in [3.63, 3.8) is 0 Å². The number of carbonyl (C=O) groups is 1.